The molecule has 114 valence electrons. The Morgan fingerprint density at radius 2 is 2.00 bits per heavy atom. The molecule has 6 N–H and O–H groups in total. The van der Waals surface area contributed by atoms with Gasteiger partial charge in [0.25, 0.3) is 0 Å². The number of hydrogen-bond acceptors (Lipinski definition) is 8. The summed E-state index contributed by atoms with van der Waals surface area (Å²) in [4.78, 5) is 22.2. The number of carbonyl (C=O) groups excluding carboxylic acids is 2. The SMILES string of the molecule is CC(=O)NC(C1C=C(O)C(=O)O1)C(O)C(O)C(O)CO. The molecule has 0 spiro atoms. The lowest BCUT2D eigenvalue weighted by molar-refractivity contribution is -0.148. The van der Waals surface area contributed by atoms with E-state index in [-0.39, 0.29) is 0 Å². The maximum absolute atomic E-state index is 11.1. The molecular formula is C11H17NO8. The number of rotatable bonds is 6. The van der Waals surface area contributed by atoms with Crippen LogP contribution in [0.25, 0.3) is 0 Å². The monoisotopic (exact) mass is 291 g/mol. The van der Waals surface area contributed by atoms with Crippen molar-refractivity contribution < 1.29 is 39.9 Å². The average molecular weight is 291 g/mol. The van der Waals surface area contributed by atoms with Crippen molar-refractivity contribution in [1.82, 2.24) is 5.32 Å². The summed E-state index contributed by atoms with van der Waals surface area (Å²) >= 11 is 0. The van der Waals surface area contributed by atoms with E-state index >= 15 is 0 Å². The molecule has 1 amide bonds. The molecule has 0 saturated carbocycles. The lowest BCUT2D eigenvalue weighted by atomic mass is 9.96. The summed E-state index contributed by atoms with van der Waals surface area (Å²) < 4.78 is 4.71. The predicted molar refractivity (Wildman–Crippen MR) is 63.3 cm³/mol. The number of amides is 1. The average Bonchev–Trinajstić information content (AvgIpc) is 2.73. The normalized spacial score (nSPS) is 24.4. The Labute approximate surface area is 114 Å². The largest absolute Gasteiger partial charge is 0.502 e. The van der Waals surface area contributed by atoms with Crippen LogP contribution < -0.4 is 5.32 Å². The molecule has 0 aromatic heterocycles. The topological polar surface area (TPSA) is 157 Å². The second kappa shape index (κ2) is 6.66. The molecule has 0 aromatic carbocycles. The third-order valence-electron chi connectivity index (χ3n) is 2.80. The van der Waals surface area contributed by atoms with E-state index in [1.54, 1.807) is 0 Å². The van der Waals surface area contributed by atoms with Gasteiger partial charge in [-0.1, -0.05) is 0 Å². The number of carbonyl (C=O) groups is 2. The fourth-order valence-corrected chi connectivity index (χ4v) is 1.76. The van der Waals surface area contributed by atoms with Crippen molar-refractivity contribution in [3.8, 4) is 0 Å². The van der Waals surface area contributed by atoms with Gasteiger partial charge in [-0.25, -0.2) is 4.79 Å². The Hall–Kier alpha value is -1.68. The van der Waals surface area contributed by atoms with Crippen LogP contribution in [0.3, 0.4) is 0 Å². The molecule has 9 heteroatoms. The molecule has 0 bridgehead atoms. The molecule has 9 nitrogen and oxygen atoms in total. The minimum absolute atomic E-state index is 0.587. The summed E-state index contributed by atoms with van der Waals surface area (Å²) in [6.07, 6.45) is -5.41. The Morgan fingerprint density at radius 3 is 2.40 bits per heavy atom. The zero-order valence-corrected chi connectivity index (χ0v) is 10.6. The summed E-state index contributed by atoms with van der Waals surface area (Å²) in [6.45, 7) is 0.325. The Bertz CT molecular complexity index is 409. The fourth-order valence-electron chi connectivity index (χ4n) is 1.76. The highest BCUT2D eigenvalue weighted by Gasteiger charge is 2.40. The third kappa shape index (κ3) is 3.67. The van der Waals surface area contributed by atoms with Crippen molar-refractivity contribution in [3.63, 3.8) is 0 Å². The van der Waals surface area contributed by atoms with Gasteiger partial charge in [0.2, 0.25) is 11.7 Å². The second-order valence-corrected chi connectivity index (χ2v) is 4.38. The van der Waals surface area contributed by atoms with Crippen molar-refractivity contribution in [3.05, 3.63) is 11.8 Å². The Morgan fingerprint density at radius 1 is 1.40 bits per heavy atom. The highest BCUT2D eigenvalue weighted by atomic mass is 16.6. The van der Waals surface area contributed by atoms with Crippen LogP contribution in [0.4, 0.5) is 0 Å². The Kier molecular flexibility index (Phi) is 5.45. The van der Waals surface area contributed by atoms with E-state index in [4.69, 9.17) is 14.9 Å². The first kappa shape index (κ1) is 16.4. The number of cyclic esters (lactones) is 1. The lowest BCUT2D eigenvalue weighted by Crippen LogP contribution is -2.57. The first-order valence-corrected chi connectivity index (χ1v) is 5.81. The van der Waals surface area contributed by atoms with Crippen LogP contribution in [-0.4, -0.2) is 74.5 Å². The molecule has 20 heavy (non-hydrogen) atoms. The number of ether oxygens (including phenoxy) is 1. The maximum Gasteiger partial charge on any atom is 0.373 e. The van der Waals surface area contributed by atoms with Gasteiger partial charge in [-0.3, -0.25) is 4.79 Å². The second-order valence-electron chi connectivity index (χ2n) is 4.38. The minimum atomic E-state index is -1.79. The summed E-state index contributed by atoms with van der Waals surface area (Å²) in [6, 6.07) is -1.29. The van der Waals surface area contributed by atoms with Gasteiger partial charge in [-0.2, -0.15) is 0 Å². The van der Waals surface area contributed by atoms with Crippen molar-refractivity contribution in [1.29, 1.82) is 0 Å². The van der Waals surface area contributed by atoms with Crippen molar-refractivity contribution in [2.45, 2.75) is 37.4 Å². The van der Waals surface area contributed by atoms with Crippen LogP contribution in [-0.2, 0) is 14.3 Å². The molecule has 1 aliphatic rings. The molecule has 0 aromatic rings. The van der Waals surface area contributed by atoms with Gasteiger partial charge in [-0.05, 0) is 0 Å². The van der Waals surface area contributed by atoms with E-state index in [1.807, 2.05) is 0 Å². The standard InChI is InChI=1S/C11H17NO8/c1-4(14)12-8(7-2-5(15)11(19)20-7)10(18)9(17)6(16)3-13/h2,6-10,13,15-18H,3H2,1H3,(H,12,14). The molecule has 0 aliphatic carbocycles. The van der Waals surface area contributed by atoms with Gasteiger partial charge in [0.1, 0.15) is 24.4 Å². The molecule has 0 radical (unpaired) electrons. The van der Waals surface area contributed by atoms with Gasteiger partial charge < -0.3 is 35.6 Å². The van der Waals surface area contributed by atoms with Gasteiger partial charge in [0, 0.05) is 13.0 Å². The van der Waals surface area contributed by atoms with Crippen LogP contribution >= 0.6 is 0 Å². The van der Waals surface area contributed by atoms with Gasteiger partial charge in [0.05, 0.1) is 12.6 Å². The highest BCUT2D eigenvalue weighted by Crippen LogP contribution is 2.19. The molecule has 0 fully saturated rings. The lowest BCUT2D eigenvalue weighted by Gasteiger charge is -2.31. The molecule has 1 rings (SSSR count). The van der Waals surface area contributed by atoms with E-state index < -0.39 is 54.7 Å². The molecular weight excluding hydrogens is 274 g/mol. The number of aliphatic hydroxyl groups is 5. The fraction of sp³-hybridized carbons (Fsp3) is 0.636. The Balaban J connectivity index is 2.89. The maximum atomic E-state index is 11.1. The quantitative estimate of drug-likeness (QED) is 0.281. The summed E-state index contributed by atoms with van der Waals surface area (Å²) in [5.41, 5.74) is 0. The molecule has 5 atom stereocenters. The predicted octanol–water partition coefficient (Wildman–Crippen LogP) is -3.07. The molecule has 5 unspecified atom stereocenters. The zero-order chi connectivity index (χ0) is 15.4. The highest BCUT2D eigenvalue weighted by molar-refractivity contribution is 5.88. The van der Waals surface area contributed by atoms with Crippen LogP contribution in [0.5, 0.6) is 0 Å². The minimum Gasteiger partial charge on any atom is -0.502 e. The van der Waals surface area contributed by atoms with Crippen LogP contribution in [0, 0.1) is 0 Å². The first-order valence-electron chi connectivity index (χ1n) is 5.81. The van der Waals surface area contributed by atoms with Gasteiger partial charge >= 0.3 is 5.97 Å². The summed E-state index contributed by atoms with van der Waals surface area (Å²) in [5, 5.41) is 49.0. The van der Waals surface area contributed by atoms with Crippen LogP contribution in [0.1, 0.15) is 6.92 Å². The number of esters is 1. The molecule has 0 saturated heterocycles. The summed E-state index contributed by atoms with van der Waals surface area (Å²) in [7, 11) is 0. The number of aliphatic hydroxyl groups excluding tert-OH is 5. The number of hydrogen-bond donors (Lipinski definition) is 6. The third-order valence-corrected chi connectivity index (χ3v) is 2.80. The first-order chi connectivity index (χ1) is 9.27. The van der Waals surface area contributed by atoms with E-state index in [9.17, 15) is 24.9 Å². The van der Waals surface area contributed by atoms with Crippen molar-refractivity contribution in [2.24, 2.45) is 0 Å². The van der Waals surface area contributed by atoms with Gasteiger partial charge in [0.15, 0.2) is 0 Å². The zero-order valence-electron chi connectivity index (χ0n) is 10.6. The van der Waals surface area contributed by atoms with Crippen LogP contribution in [0.15, 0.2) is 11.8 Å². The molecule has 1 aliphatic heterocycles. The summed E-state index contributed by atoms with van der Waals surface area (Å²) in [5.74, 6) is -2.31. The van der Waals surface area contributed by atoms with Crippen LogP contribution in [0.2, 0.25) is 0 Å². The molecule has 1 heterocycles. The van der Waals surface area contributed by atoms with Crippen molar-refractivity contribution >= 4 is 11.9 Å². The number of nitrogens with one attached hydrogen (secondary N) is 1. The van der Waals surface area contributed by atoms with E-state index in [0.29, 0.717) is 0 Å². The van der Waals surface area contributed by atoms with Gasteiger partial charge in [-0.15, -0.1) is 0 Å². The smallest absolute Gasteiger partial charge is 0.373 e. The van der Waals surface area contributed by atoms with Crippen molar-refractivity contribution in [2.75, 3.05) is 6.61 Å². The van der Waals surface area contributed by atoms with E-state index in [1.165, 1.54) is 0 Å². The van der Waals surface area contributed by atoms with E-state index in [0.717, 1.165) is 13.0 Å². The van der Waals surface area contributed by atoms with E-state index in [2.05, 4.69) is 5.32 Å².